The second-order valence-electron chi connectivity index (χ2n) is 5.16. The van der Waals surface area contributed by atoms with Gasteiger partial charge in [-0.3, -0.25) is 0 Å². The van der Waals surface area contributed by atoms with E-state index in [1.54, 1.807) is 6.07 Å². The Bertz CT molecular complexity index is 732. The Morgan fingerprint density at radius 1 is 0.727 bits per heavy atom. The molecule has 22 heavy (non-hydrogen) atoms. The lowest BCUT2D eigenvalue weighted by molar-refractivity contribution is 0.475. The van der Waals surface area contributed by atoms with Crippen LogP contribution in [0.2, 0.25) is 5.02 Å². The van der Waals surface area contributed by atoms with Crippen LogP contribution in [-0.2, 0) is 0 Å². The summed E-state index contributed by atoms with van der Waals surface area (Å²) in [6.45, 7) is 0. The molecular formula is C19H17ClOS. The Labute approximate surface area is 137 Å². The summed E-state index contributed by atoms with van der Waals surface area (Å²) in [5.41, 5.74) is 0. The van der Waals surface area contributed by atoms with E-state index in [-0.39, 0.29) is 5.75 Å². The number of hydrogen-bond acceptors (Lipinski definition) is 1. The Morgan fingerprint density at radius 3 is 1.68 bits per heavy atom. The minimum absolute atomic E-state index is 0.119. The minimum Gasteiger partial charge on any atom is -0.506 e. The number of aromatic hydroxyl groups is 1. The minimum atomic E-state index is -1.41. The maximum atomic E-state index is 9.73. The van der Waals surface area contributed by atoms with Crippen LogP contribution < -0.4 is 0 Å². The topological polar surface area (TPSA) is 20.2 Å². The van der Waals surface area contributed by atoms with Gasteiger partial charge in [0.05, 0.1) is 5.02 Å². The van der Waals surface area contributed by atoms with Crippen LogP contribution in [-0.4, -0.2) is 11.4 Å². The highest BCUT2D eigenvalue weighted by Crippen LogP contribution is 2.65. The highest BCUT2D eigenvalue weighted by atomic mass is 35.5. The lowest BCUT2D eigenvalue weighted by Gasteiger charge is -2.37. The third kappa shape index (κ3) is 2.60. The molecule has 0 heterocycles. The molecule has 0 radical (unpaired) electrons. The summed E-state index contributed by atoms with van der Waals surface area (Å²) in [6.07, 6.45) is 2.26. The van der Waals surface area contributed by atoms with Gasteiger partial charge in [-0.2, -0.15) is 10.0 Å². The van der Waals surface area contributed by atoms with E-state index in [0.29, 0.717) is 5.02 Å². The van der Waals surface area contributed by atoms with E-state index in [9.17, 15) is 5.11 Å². The van der Waals surface area contributed by atoms with Gasteiger partial charge in [0.25, 0.3) is 0 Å². The van der Waals surface area contributed by atoms with Gasteiger partial charge in [0.15, 0.2) is 0 Å². The maximum Gasteiger partial charge on any atom is 0.134 e. The summed E-state index contributed by atoms with van der Waals surface area (Å²) in [7, 11) is -1.41. The van der Waals surface area contributed by atoms with Crippen molar-refractivity contribution in [2.24, 2.45) is 0 Å². The van der Waals surface area contributed by atoms with Crippen LogP contribution in [0.1, 0.15) is 0 Å². The van der Waals surface area contributed by atoms with Crippen molar-refractivity contribution in [3.8, 4) is 5.75 Å². The second-order valence-corrected chi connectivity index (χ2v) is 8.82. The fraction of sp³-hybridized carbons (Fsp3) is 0.0526. The lowest BCUT2D eigenvalue weighted by atomic mass is 10.3. The molecule has 3 rings (SSSR count). The zero-order valence-electron chi connectivity index (χ0n) is 12.2. The fourth-order valence-corrected chi connectivity index (χ4v) is 5.69. The number of phenols is 1. The smallest absolute Gasteiger partial charge is 0.134 e. The highest BCUT2D eigenvalue weighted by molar-refractivity contribution is 8.33. The normalized spacial score (nSPS) is 12.1. The van der Waals surface area contributed by atoms with Gasteiger partial charge in [-0.1, -0.05) is 48.0 Å². The predicted molar refractivity (Wildman–Crippen MR) is 94.3 cm³/mol. The molecule has 0 atom stereocenters. The third-order valence-electron chi connectivity index (χ3n) is 3.82. The molecule has 0 aromatic heterocycles. The molecule has 0 unspecified atom stereocenters. The van der Waals surface area contributed by atoms with Crippen LogP contribution in [0.25, 0.3) is 0 Å². The van der Waals surface area contributed by atoms with Crippen LogP contribution in [0.4, 0.5) is 0 Å². The van der Waals surface area contributed by atoms with E-state index < -0.39 is 10.0 Å². The van der Waals surface area contributed by atoms with Crippen molar-refractivity contribution in [2.45, 2.75) is 14.7 Å². The molecule has 1 nitrogen and oxygen atoms in total. The lowest BCUT2D eigenvalue weighted by Crippen LogP contribution is -2.01. The quantitative estimate of drug-likeness (QED) is 0.629. The fourth-order valence-electron chi connectivity index (χ4n) is 2.54. The van der Waals surface area contributed by atoms with E-state index in [2.05, 4.69) is 54.8 Å². The molecule has 3 aromatic rings. The first-order valence-electron chi connectivity index (χ1n) is 6.99. The number of benzene rings is 3. The first-order chi connectivity index (χ1) is 10.6. The first kappa shape index (κ1) is 15.0. The number of rotatable bonds is 3. The third-order valence-corrected chi connectivity index (χ3v) is 7.75. The van der Waals surface area contributed by atoms with Gasteiger partial charge in [-0.25, -0.2) is 0 Å². The Balaban J connectivity index is 2.26. The number of hydrogen-bond donors (Lipinski definition) is 1. The molecule has 0 amide bonds. The summed E-state index contributed by atoms with van der Waals surface area (Å²) in [4.78, 5) is 3.67. The highest BCUT2D eigenvalue weighted by Gasteiger charge is 2.26. The Morgan fingerprint density at radius 2 is 1.23 bits per heavy atom. The largest absolute Gasteiger partial charge is 0.506 e. The van der Waals surface area contributed by atoms with Crippen molar-refractivity contribution in [1.29, 1.82) is 0 Å². The summed E-state index contributed by atoms with van der Waals surface area (Å²) >= 11 is 6.16. The average Bonchev–Trinajstić information content (AvgIpc) is 2.58. The predicted octanol–water partition coefficient (Wildman–Crippen LogP) is 5.96. The first-order valence-corrected chi connectivity index (χ1v) is 9.41. The summed E-state index contributed by atoms with van der Waals surface area (Å²) in [6, 6.07) is 26.4. The molecular weight excluding hydrogens is 312 g/mol. The molecule has 112 valence electrons. The van der Waals surface area contributed by atoms with Crippen molar-refractivity contribution in [3.63, 3.8) is 0 Å². The van der Waals surface area contributed by atoms with Crippen LogP contribution in [0.5, 0.6) is 5.75 Å². The molecule has 0 aliphatic carbocycles. The van der Waals surface area contributed by atoms with Crippen molar-refractivity contribution in [1.82, 2.24) is 0 Å². The SMILES string of the molecule is CS(c1ccccc1)(c1ccccc1)c1ccc(O)c(Cl)c1. The van der Waals surface area contributed by atoms with Crippen LogP contribution in [0, 0.1) is 0 Å². The molecule has 1 N–H and O–H groups in total. The number of halogens is 1. The average molecular weight is 329 g/mol. The van der Waals surface area contributed by atoms with Gasteiger partial charge in [-0.15, -0.1) is 0 Å². The summed E-state index contributed by atoms with van der Waals surface area (Å²) < 4.78 is 0. The molecule has 3 heteroatoms. The Hall–Kier alpha value is -1.90. The van der Waals surface area contributed by atoms with Gasteiger partial charge >= 0.3 is 0 Å². The maximum absolute atomic E-state index is 9.73. The molecule has 0 saturated carbocycles. The van der Waals surface area contributed by atoms with E-state index in [1.165, 1.54) is 9.79 Å². The van der Waals surface area contributed by atoms with E-state index in [4.69, 9.17) is 11.6 Å². The van der Waals surface area contributed by atoms with Crippen molar-refractivity contribution >= 4 is 21.6 Å². The second kappa shape index (κ2) is 6.07. The molecule has 0 aliphatic heterocycles. The van der Waals surface area contributed by atoms with Crippen molar-refractivity contribution in [3.05, 3.63) is 83.9 Å². The van der Waals surface area contributed by atoms with Gasteiger partial charge in [0, 0.05) is 0 Å². The van der Waals surface area contributed by atoms with Gasteiger partial charge in [-0.05, 0) is 63.4 Å². The van der Waals surface area contributed by atoms with Crippen LogP contribution in [0.15, 0.2) is 93.5 Å². The summed E-state index contributed by atoms with van der Waals surface area (Å²) in [5, 5.41) is 10.1. The van der Waals surface area contributed by atoms with E-state index in [1.807, 2.05) is 24.3 Å². The van der Waals surface area contributed by atoms with Gasteiger partial charge in [0.2, 0.25) is 0 Å². The molecule has 0 fully saturated rings. The van der Waals surface area contributed by atoms with Crippen LogP contribution in [0.3, 0.4) is 0 Å². The molecule has 0 aliphatic rings. The summed E-state index contributed by atoms with van der Waals surface area (Å²) in [5.74, 6) is 0.119. The van der Waals surface area contributed by atoms with E-state index in [0.717, 1.165) is 4.90 Å². The van der Waals surface area contributed by atoms with Crippen LogP contribution >= 0.6 is 21.6 Å². The monoisotopic (exact) mass is 328 g/mol. The van der Waals surface area contributed by atoms with Gasteiger partial charge < -0.3 is 5.11 Å². The van der Waals surface area contributed by atoms with Crippen molar-refractivity contribution < 1.29 is 5.11 Å². The molecule has 0 saturated heterocycles. The number of phenolic OH excluding ortho intramolecular Hbond substituents is 1. The zero-order chi connectivity index (χ0) is 15.6. The van der Waals surface area contributed by atoms with Crippen molar-refractivity contribution in [2.75, 3.05) is 6.26 Å². The zero-order valence-corrected chi connectivity index (χ0v) is 13.8. The molecule has 0 spiro atoms. The molecule has 3 aromatic carbocycles. The standard InChI is InChI=1S/C19H17ClOS/c1-22(15-8-4-2-5-9-15,16-10-6-3-7-11-16)17-12-13-19(21)18(20)14-17/h2-14,21H,1H3. The van der Waals surface area contributed by atoms with E-state index >= 15 is 0 Å². The Kier molecular flexibility index (Phi) is 4.14. The molecule has 0 bridgehead atoms. The van der Waals surface area contributed by atoms with Gasteiger partial charge in [0.1, 0.15) is 5.75 Å².